The molecule has 0 fully saturated rings. The highest BCUT2D eigenvalue weighted by atomic mass is 32.1. The van der Waals surface area contributed by atoms with Crippen LogP contribution in [0.3, 0.4) is 0 Å². The first-order chi connectivity index (χ1) is 10.2. The van der Waals surface area contributed by atoms with E-state index in [2.05, 4.69) is 14.3 Å². The van der Waals surface area contributed by atoms with Crippen LogP contribution >= 0.6 is 11.5 Å². The Hall–Kier alpha value is -2.54. The molecule has 1 N–H and O–H groups in total. The fourth-order valence-electron chi connectivity index (χ4n) is 1.94. The molecule has 6 nitrogen and oxygen atoms in total. The average Bonchev–Trinajstić information content (AvgIpc) is 2.94. The van der Waals surface area contributed by atoms with Gasteiger partial charge in [0.2, 0.25) is 0 Å². The van der Waals surface area contributed by atoms with Crippen LogP contribution in [-0.2, 0) is 6.42 Å². The van der Waals surface area contributed by atoms with Crippen molar-refractivity contribution in [3.05, 3.63) is 41.9 Å². The number of fused-ring (bicyclic) bond motifs is 1. The number of carbonyl (C=O) groups is 1. The Kier molecular flexibility index (Phi) is 3.49. The van der Waals surface area contributed by atoms with Crippen LogP contribution in [-0.4, -0.2) is 25.4 Å². The Morgan fingerprint density at radius 3 is 2.90 bits per heavy atom. The highest BCUT2D eigenvalue weighted by molar-refractivity contribution is 7.07. The number of carboxylic acids is 1. The molecule has 0 atom stereocenters. The summed E-state index contributed by atoms with van der Waals surface area (Å²) in [4.78, 5) is 19.9. The fraction of sp³-hybridized carbons (Fsp3) is 0.143. The summed E-state index contributed by atoms with van der Waals surface area (Å²) in [5.74, 6) is -0.232. The van der Waals surface area contributed by atoms with E-state index >= 15 is 0 Å². The van der Waals surface area contributed by atoms with Gasteiger partial charge in [-0.15, -0.1) is 0 Å². The number of hydrogen-bond acceptors (Lipinski definition) is 6. The third-order valence-corrected chi connectivity index (χ3v) is 3.55. The van der Waals surface area contributed by atoms with Gasteiger partial charge in [0.1, 0.15) is 11.4 Å². The standard InChI is InChI=1S/C14H11N3O3S/c1-2-11-16-14(21-17-11)20-10-7-15-9-6-4-3-5-8(9)12(10)13(18)19/h3-7H,2H2,1H3,(H,18,19). The number of aromatic nitrogens is 3. The van der Waals surface area contributed by atoms with Crippen molar-refractivity contribution in [2.24, 2.45) is 0 Å². The van der Waals surface area contributed by atoms with Gasteiger partial charge in [-0.2, -0.15) is 9.36 Å². The normalized spacial score (nSPS) is 10.7. The molecule has 0 unspecified atom stereocenters. The second kappa shape index (κ2) is 5.45. The van der Waals surface area contributed by atoms with E-state index < -0.39 is 5.97 Å². The predicted molar refractivity (Wildman–Crippen MR) is 78.1 cm³/mol. The summed E-state index contributed by atoms with van der Waals surface area (Å²) in [6.07, 6.45) is 2.10. The summed E-state index contributed by atoms with van der Waals surface area (Å²) in [5, 5.41) is 10.3. The van der Waals surface area contributed by atoms with Crippen LogP contribution < -0.4 is 4.74 Å². The molecular formula is C14H11N3O3S. The summed E-state index contributed by atoms with van der Waals surface area (Å²) in [6, 6.07) is 7.03. The summed E-state index contributed by atoms with van der Waals surface area (Å²) in [6.45, 7) is 1.94. The van der Waals surface area contributed by atoms with Gasteiger partial charge in [0.05, 0.1) is 11.7 Å². The topological polar surface area (TPSA) is 85.2 Å². The van der Waals surface area contributed by atoms with Crippen LogP contribution in [0.25, 0.3) is 10.9 Å². The minimum Gasteiger partial charge on any atom is -0.478 e. The van der Waals surface area contributed by atoms with Gasteiger partial charge in [-0.1, -0.05) is 25.1 Å². The van der Waals surface area contributed by atoms with Gasteiger partial charge in [0, 0.05) is 23.3 Å². The largest absolute Gasteiger partial charge is 0.478 e. The number of nitrogens with zero attached hydrogens (tertiary/aromatic N) is 3. The minimum atomic E-state index is -1.07. The van der Waals surface area contributed by atoms with Gasteiger partial charge in [-0.05, 0) is 6.07 Å². The number of hydrogen-bond donors (Lipinski definition) is 1. The Bertz CT molecular complexity index is 816. The summed E-state index contributed by atoms with van der Waals surface area (Å²) >= 11 is 1.09. The number of para-hydroxylation sites is 1. The molecule has 21 heavy (non-hydrogen) atoms. The van der Waals surface area contributed by atoms with Crippen LogP contribution in [0.2, 0.25) is 0 Å². The Morgan fingerprint density at radius 1 is 1.38 bits per heavy atom. The molecule has 0 spiro atoms. The van der Waals surface area contributed by atoms with E-state index in [1.165, 1.54) is 6.20 Å². The second-order valence-electron chi connectivity index (χ2n) is 4.25. The SMILES string of the molecule is CCc1nsc(Oc2cnc3ccccc3c2C(=O)O)n1. The number of carboxylic acid groups (broad SMARTS) is 1. The molecule has 3 rings (SSSR count). The first kappa shape index (κ1) is 13.4. The van der Waals surface area contributed by atoms with Crippen LogP contribution in [0, 0.1) is 0 Å². The van der Waals surface area contributed by atoms with E-state index in [0.717, 1.165) is 11.5 Å². The molecule has 106 valence electrons. The smallest absolute Gasteiger partial charge is 0.340 e. The molecule has 0 bridgehead atoms. The summed E-state index contributed by atoms with van der Waals surface area (Å²) in [5.41, 5.74) is 0.683. The highest BCUT2D eigenvalue weighted by Crippen LogP contribution is 2.30. The average molecular weight is 301 g/mol. The molecular weight excluding hydrogens is 290 g/mol. The molecule has 0 radical (unpaired) electrons. The second-order valence-corrected chi connectivity index (χ2v) is 4.97. The molecule has 1 aromatic carbocycles. The molecule has 0 aliphatic carbocycles. The van der Waals surface area contributed by atoms with E-state index in [9.17, 15) is 9.90 Å². The van der Waals surface area contributed by atoms with Crippen LogP contribution in [0.15, 0.2) is 30.5 Å². The summed E-state index contributed by atoms with van der Waals surface area (Å²) < 4.78 is 9.67. The number of rotatable bonds is 4. The van der Waals surface area contributed by atoms with Crippen molar-refractivity contribution in [3.8, 4) is 10.9 Å². The number of aromatic carboxylic acids is 1. The highest BCUT2D eigenvalue weighted by Gasteiger charge is 2.18. The fourth-order valence-corrected chi connectivity index (χ4v) is 2.56. The van der Waals surface area contributed by atoms with Crippen molar-refractivity contribution in [2.45, 2.75) is 13.3 Å². The number of aryl methyl sites for hydroxylation is 1. The first-order valence-corrected chi connectivity index (χ1v) is 7.08. The monoisotopic (exact) mass is 301 g/mol. The zero-order chi connectivity index (χ0) is 14.8. The lowest BCUT2D eigenvalue weighted by Crippen LogP contribution is -2.02. The molecule has 0 amide bonds. The van der Waals surface area contributed by atoms with E-state index in [-0.39, 0.29) is 11.3 Å². The lowest BCUT2D eigenvalue weighted by Gasteiger charge is -2.08. The Morgan fingerprint density at radius 2 is 2.19 bits per heavy atom. The molecule has 0 aliphatic heterocycles. The first-order valence-electron chi connectivity index (χ1n) is 6.30. The number of pyridine rings is 1. The quantitative estimate of drug-likeness (QED) is 0.796. The third-order valence-electron chi connectivity index (χ3n) is 2.92. The molecule has 3 aromatic rings. The van der Waals surface area contributed by atoms with E-state index in [4.69, 9.17) is 4.74 Å². The molecule has 0 saturated carbocycles. The third kappa shape index (κ3) is 2.55. The summed E-state index contributed by atoms with van der Waals surface area (Å²) in [7, 11) is 0. The van der Waals surface area contributed by atoms with Crippen LogP contribution in [0.1, 0.15) is 23.1 Å². The van der Waals surface area contributed by atoms with Crippen molar-refractivity contribution in [1.29, 1.82) is 0 Å². The Balaban J connectivity index is 2.09. The van der Waals surface area contributed by atoms with Gasteiger partial charge in [0.25, 0.3) is 5.19 Å². The van der Waals surface area contributed by atoms with Gasteiger partial charge >= 0.3 is 5.97 Å². The molecule has 0 saturated heterocycles. The maximum absolute atomic E-state index is 11.5. The van der Waals surface area contributed by atoms with Crippen molar-refractivity contribution in [2.75, 3.05) is 0 Å². The van der Waals surface area contributed by atoms with E-state index in [0.29, 0.717) is 28.3 Å². The number of benzene rings is 1. The zero-order valence-electron chi connectivity index (χ0n) is 11.1. The lowest BCUT2D eigenvalue weighted by molar-refractivity contribution is 0.0696. The maximum atomic E-state index is 11.5. The van der Waals surface area contributed by atoms with E-state index in [1.807, 2.05) is 6.92 Å². The van der Waals surface area contributed by atoms with Crippen molar-refractivity contribution in [3.63, 3.8) is 0 Å². The van der Waals surface area contributed by atoms with Crippen molar-refractivity contribution in [1.82, 2.24) is 14.3 Å². The van der Waals surface area contributed by atoms with E-state index in [1.54, 1.807) is 24.3 Å². The van der Waals surface area contributed by atoms with Crippen LogP contribution in [0.4, 0.5) is 0 Å². The van der Waals surface area contributed by atoms with Gasteiger partial charge in [0.15, 0.2) is 5.75 Å². The minimum absolute atomic E-state index is 0.0776. The predicted octanol–water partition coefficient (Wildman–Crippen LogP) is 3.14. The Labute approximate surface area is 124 Å². The van der Waals surface area contributed by atoms with Crippen molar-refractivity contribution < 1.29 is 14.6 Å². The molecule has 7 heteroatoms. The van der Waals surface area contributed by atoms with Gasteiger partial charge in [-0.25, -0.2) is 4.79 Å². The van der Waals surface area contributed by atoms with Crippen molar-refractivity contribution >= 4 is 28.4 Å². The van der Waals surface area contributed by atoms with Crippen LogP contribution in [0.5, 0.6) is 10.9 Å². The molecule has 2 aromatic heterocycles. The maximum Gasteiger partial charge on any atom is 0.340 e. The molecule has 2 heterocycles. The van der Waals surface area contributed by atoms with Gasteiger partial charge < -0.3 is 9.84 Å². The van der Waals surface area contributed by atoms with Gasteiger partial charge in [-0.3, -0.25) is 4.98 Å². The number of ether oxygens (including phenoxy) is 1. The zero-order valence-corrected chi connectivity index (χ0v) is 11.9. The molecule has 0 aliphatic rings. The lowest BCUT2D eigenvalue weighted by atomic mass is 10.1.